The van der Waals surface area contributed by atoms with E-state index < -0.39 is 10.0 Å². The lowest BCUT2D eigenvalue weighted by Crippen LogP contribution is -2.25. The predicted octanol–water partition coefficient (Wildman–Crippen LogP) is 2.85. The molecule has 0 bridgehead atoms. The van der Waals surface area contributed by atoms with E-state index in [2.05, 4.69) is 10.0 Å². The minimum absolute atomic E-state index is 0.300. The summed E-state index contributed by atoms with van der Waals surface area (Å²) in [4.78, 5) is 12.0. The Morgan fingerprint density at radius 1 is 1.21 bits per heavy atom. The SMILES string of the molecule is Cc1ccc(/C=C/C(=O)NC(C)c2ccccc2NS(C)(=O)=O)o1. The lowest BCUT2D eigenvalue weighted by atomic mass is 10.1. The fraction of sp³-hybridized carbons (Fsp3) is 0.235. The molecular formula is C17H20N2O4S. The molecule has 0 saturated carbocycles. The van der Waals surface area contributed by atoms with E-state index in [-0.39, 0.29) is 11.9 Å². The first kappa shape index (κ1) is 17.8. The average Bonchev–Trinajstić information content (AvgIpc) is 2.89. The van der Waals surface area contributed by atoms with Gasteiger partial charge in [0.1, 0.15) is 11.5 Å². The third kappa shape index (κ3) is 5.27. The van der Waals surface area contributed by atoms with E-state index in [1.165, 1.54) is 6.08 Å². The van der Waals surface area contributed by atoms with Gasteiger partial charge in [-0.05, 0) is 43.7 Å². The number of benzene rings is 1. The lowest BCUT2D eigenvalue weighted by Gasteiger charge is -2.17. The van der Waals surface area contributed by atoms with E-state index in [1.54, 1.807) is 43.3 Å². The molecular weight excluding hydrogens is 328 g/mol. The van der Waals surface area contributed by atoms with Crippen molar-refractivity contribution in [1.29, 1.82) is 0 Å². The van der Waals surface area contributed by atoms with Crippen LogP contribution in [0.5, 0.6) is 0 Å². The highest BCUT2D eigenvalue weighted by molar-refractivity contribution is 7.92. The average molecular weight is 348 g/mol. The van der Waals surface area contributed by atoms with Crippen molar-refractivity contribution < 1.29 is 17.6 Å². The third-order valence-electron chi connectivity index (χ3n) is 3.24. The van der Waals surface area contributed by atoms with Gasteiger partial charge in [-0.15, -0.1) is 0 Å². The number of hydrogen-bond acceptors (Lipinski definition) is 4. The second kappa shape index (κ2) is 7.35. The molecule has 0 radical (unpaired) electrons. The Balaban J connectivity index is 2.08. The van der Waals surface area contributed by atoms with Crippen LogP contribution >= 0.6 is 0 Å². The number of amides is 1. The Morgan fingerprint density at radius 3 is 2.54 bits per heavy atom. The Morgan fingerprint density at radius 2 is 1.92 bits per heavy atom. The molecule has 0 saturated heterocycles. The zero-order chi connectivity index (χ0) is 17.7. The van der Waals surface area contributed by atoms with E-state index in [1.807, 2.05) is 13.0 Å². The second-order valence-corrected chi connectivity index (χ2v) is 7.22. The molecule has 1 unspecified atom stereocenters. The maximum atomic E-state index is 12.0. The molecule has 1 heterocycles. The van der Waals surface area contributed by atoms with Crippen LogP contribution in [0.1, 0.15) is 30.0 Å². The number of carbonyl (C=O) groups excluding carboxylic acids is 1. The smallest absolute Gasteiger partial charge is 0.244 e. The molecule has 0 aliphatic rings. The van der Waals surface area contributed by atoms with Crippen LogP contribution < -0.4 is 10.0 Å². The molecule has 2 N–H and O–H groups in total. The van der Waals surface area contributed by atoms with Crippen molar-refractivity contribution in [3.05, 3.63) is 59.6 Å². The lowest BCUT2D eigenvalue weighted by molar-refractivity contribution is -0.117. The molecule has 0 aliphatic heterocycles. The summed E-state index contributed by atoms with van der Waals surface area (Å²) in [5.41, 5.74) is 1.12. The van der Waals surface area contributed by atoms with Crippen LogP contribution in [0, 0.1) is 6.92 Å². The first-order valence-electron chi connectivity index (χ1n) is 7.36. The largest absolute Gasteiger partial charge is 0.462 e. The maximum absolute atomic E-state index is 12.0. The number of furan rings is 1. The topological polar surface area (TPSA) is 88.4 Å². The quantitative estimate of drug-likeness (QED) is 0.786. The standard InChI is InChI=1S/C17H20N2O4S/c1-12-8-9-14(23-12)10-11-17(20)18-13(2)15-6-4-5-7-16(15)19-24(3,21)22/h4-11,13,19H,1-3H3,(H,18,20)/b11-10+. The van der Waals surface area contributed by atoms with Gasteiger partial charge in [-0.2, -0.15) is 0 Å². The van der Waals surface area contributed by atoms with Crippen molar-refractivity contribution in [2.75, 3.05) is 11.0 Å². The van der Waals surface area contributed by atoms with Gasteiger partial charge in [-0.3, -0.25) is 9.52 Å². The number of aryl methyl sites for hydroxylation is 1. The van der Waals surface area contributed by atoms with Crippen LogP contribution in [0.3, 0.4) is 0 Å². The van der Waals surface area contributed by atoms with Crippen molar-refractivity contribution in [2.24, 2.45) is 0 Å². The summed E-state index contributed by atoms with van der Waals surface area (Å²) in [6.07, 6.45) is 4.04. The number of anilines is 1. The van der Waals surface area contributed by atoms with Crippen molar-refractivity contribution in [3.63, 3.8) is 0 Å². The van der Waals surface area contributed by atoms with Gasteiger partial charge < -0.3 is 9.73 Å². The van der Waals surface area contributed by atoms with Crippen molar-refractivity contribution in [1.82, 2.24) is 5.32 Å². The van der Waals surface area contributed by atoms with Gasteiger partial charge in [0, 0.05) is 6.08 Å². The summed E-state index contributed by atoms with van der Waals surface area (Å²) in [6.45, 7) is 3.61. The third-order valence-corrected chi connectivity index (χ3v) is 3.83. The highest BCUT2D eigenvalue weighted by Crippen LogP contribution is 2.23. The molecule has 2 rings (SSSR count). The van der Waals surface area contributed by atoms with E-state index >= 15 is 0 Å². The van der Waals surface area contributed by atoms with Gasteiger partial charge in [0.05, 0.1) is 18.0 Å². The molecule has 2 aromatic rings. The molecule has 1 amide bonds. The first-order valence-corrected chi connectivity index (χ1v) is 9.25. The van der Waals surface area contributed by atoms with Crippen molar-refractivity contribution >= 4 is 27.7 Å². The molecule has 128 valence electrons. The van der Waals surface area contributed by atoms with Crippen LogP contribution in [0.2, 0.25) is 0 Å². The molecule has 1 aromatic carbocycles. The number of nitrogens with one attached hydrogen (secondary N) is 2. The Labute approximate surface area is 141 Å². The normalized spacial score (nSPS) is 13.0. The molecule has 24 heavy (non-hydrogen) atoms. The number of carbonyl (C=O) groups is 1. The molecule has 0 aliphatic carbocycles. The Hall–Kier alpha value is -2.54. The molecule has 0 fully saturated rings. The van der Waals surface area contributed by atoms with E-state index in [0.717, 1.165) is 12.0 Å². The van der Waals surface area contributed by atoms with Crippen LogP contribution in [0.4, 0.5) is 5.69 Å². The van der Waals surface area contributed by atoms with Crippen LogP contribution in [0.25, 0.3) is 6.08 Å². The number of hydrogen-bond donors (Lipinski definition) is 2. The van der Waals surface area contributed by atoms with Gasteiger partial charge in [0.15, 0.2) is 0 Å². The predicted molar refractivity (Wildman–Crippen MR) is 93.9 cm³/mol. The molecule has 7 heteroatoms. The Kier molecular flexibility index (Phi) is 5.46. The highest BCUT2D eigenvalue weighted by atomic mass is 32.2. The molecule has 1 aromatic heterocycles. The van der Waals surface area contributed by atoms with Gasteiger partial charge in [0.25, 0.3) is 0 Å². The first-order chi connectivity index (χ1) is 11.2. The summed E-state index contributed by atoms with van der Waals surface area (Å²) in [7, 11) is -3.39. The molecule has 0 spiro atoms. The van der Waals surface area contributed by atoms with E-state index in [4.69, 9.17) is 4.42 Å². The zero-order valence-corrected chi connectivity index (χ0v) is 14.6. The molecule has 1 atom stereocenters. The van der Waals surface area contributed by atoms with E-state index in [9.17, 15) is 13.2 Å². The maximum Gasteiger partial charge on any atom is 0.244 e. The summed E-state index contributed by atoms with van der Waals surface area (Å²) in [5, 5.41) is 2.80. The second-order valence-electron chi connectivity index (χ2n) is 5.47. The van der Waals surface area contributed by atoms with Crippen molar-refractivity contribution in [2.45, 2.75) is 19.9 Å². The number of sulfonamides is 1. The van der Waals surface area contributed by atoms with Crippen LogP contribution in [-0.4, -0.2) is 20.6 Å². The summed E-state index contributed by atoms with van der Waals surface area (Å²) in [5.74, 6) is 1.06. The zero-order valence-electron chi connectivity index (χ0n) is 13.7. The van der Waals surface area contributed by atoms with Gasteiger partial charge in [0.2, 0.25) is 15.9 Å². The van der Waals surface area contributed by atoms with Gasteiger partial charge in [-0.1, -0.05) is 18.2 Å². The van der Waals surface area contributed by atoms with Gasteiger partial charge >= 0.3 is 0 Å². The van der Waals surface area contributed by atoms with Crippen molar-refractivity contribution in [3.8, 4) is 0 Å². The summed E-state index contributed by atoms with van der Waals surface area (Å²) >= 11 is 0. The molecule has 6 nitrogen and oxygen atoms in total. The fourth-order valence-corrected chi connectivity index (χ4v) is 2.79. The van der Waals surface area contributed by atoms with Crippen LogP contribution in [-0.2, 0) is 14.8 Å². The highest BCUT2D eigenvalue weighted by Gasteiger charge is 2.14. The van der Waals surface area contributed by atoms with Gasteiger partial charge in [-0.25, -0.2) is 8.42 Å². The fourth-order valence-electron chi connectivity index (χ4n) is 2.21. The summed E-state index contributed by atoms with van der Waals surface area (Å²) < 4.78 is 30.7. The number of para-hydroxylation sites is 1. The monoisotopic (exact) mass is 348 g/mol. The minimum atomic E-state index is -3.39. The van der Waals surface area contributed by atoms with Crippen LogP contribution in [0.15, 0.2) is 46.9 Å². The summed E-state index contributed by atoms with van der Waals surface area (Å²) in [6, 6.07) is 10.1. The number of rotatable bonds is 6. The minimum Gasteiger partial charge on any atom is -0.462 e. The van der Waals surface area contributed by atoms with E-state index in [0.29, 0.717) is 17.0 Å². The Bertz CT molecular complexity index is 853.